The standard InChI is InChI=1S/C18H26N2O4S/c1-3-11-19-18(21)10-8-15-7-9-16(24-2)17(14-15)25(22,23)20-12-5-4-6-13-20/h7-10,14H,3-6,11-13H2,1-2H3,(H,19,21)/b10-8+. The zero-order valence-corrected chi connectivity index (χ0v) is 15.6. The minimum absolute atomic E-state index is 0.146. The third-order valence-corrected chi connectivity index (χ3v) is 6.02. The van der Waals surface area contributed by atoms with Crippen molar-refractivity contribution in [2.45, 2.75) is 37.5 Å². The highest BCUT2D eigenvalue weighted by Crippen LogP contribution is 2.29. The average molecular weight is 366 g/mol. The van der Waals surface area contributed by atoms with Gasteiger partial charge in [-0.05, 0) is 43.0 Å². The number of hydrogen-bond acceptors (Lipinski definition) is 4. The maximum atomic E-state index is 12.9. The zero-order chi connectivity index (χ0) is 18.3. The van der Waals surface area contributed by atoms with E-state index in [0.717, 1.165) is 25.7 Å². The number of nitrogens with zero attached hydrogens (tertiary/aromatic N) is 1. The van der Waals surface area contributed by atoms with Crippen molar-refractivity contribution in [2.75, 3.05) is 26.7 Å². The summed E-state index contributed by atoms with van der Waals surface area (Å²) in [6.45, 7) is 3.65. The molecule has 0 aromatic heterocycles. The molecule has 1 N–H and O–H groups in total. The molecule has 1 fully saturated rings. The summed E-state index contributed by atoms with van der Waals surface area (Å²) in [5.41, 5.74) is 0.642. The van der Waals surface area contributed by atoms with Crippen LogP contribution in [0.5, 0.6) is 5.75 Å². The van der Waals surface area contributed by atoms with Gasteiger partial charge in [0.2, 0.25) is 15.9 Å². The van der Waals surface area contributed by atoms with Gasteiger partial charge in [0.05, 0.1) is 7.11 Å². The number of nitrogens with one attached hydrogen (secondary N) is 1. The molecule has 0 atom stereocenters. The second-order valence-electron chi connectivity index (χ2n) is 6.00. The SMILES string of the molecule is CCCNC(=O)/C=C/c1ccc(OC)c(S(=O)(=O)N2CCCCC2)c1. The van der Waals surface area contributed by atoms with E-state index in [0.29, 0.717) is 30.9 Å². The first kappa shape index (κ1) is 19.5. The second-order valence-corrected chi connectivity index (χ2v) is 7.91. The minimum atomic E-state index is -3.61. The van der Waals surface area contributed by atoms with E-state index in [1.54, 1.807) is 24.3 Å². The molecule has 1 heterocycles. The smallest absolute Gasteiger partial charge is 0.246 e. The lowest BCUT2D eigenvalue weighted by Crippen LogP contribution is -2.35. The Labute approximate surface area is 149 Å². The van der Waals surface area contributed by atoms with Gasteiger partial charge in [0.1, 0.15) is 10.6 Å². The largest absolute Gasteiger partial charge is 0.495 e. The third-order valence-electron chi connectivity index (χ3n) is 4.10. The van der Waals surface area contributed by atoms with Crippen molar-refractivity contribution in [1.29, 1.82) is 0 Å². The summed E-state index contributed by atoms with van der Waals surface area (Å²) in [5, 5.41) is 2.74. The van der Waals surface area contributed by atoms with Crippen LogP contribution < -0.4 is 10.1 Å². The molecule has 0 radical (unpaired) electrons. The van der Waals surface area contributed by atoms with Crippen LogP contribution in [0, 0.1) is 0 Å². The zero-order valence-electron chi connectivity index (χ0n) is 14.8. The Balaban J connectivity index is 2.27. The third kappa shape index (κ3) is 5.06. The number of hydrogen-bond donors (Lipinski definition) is 1. The van der Waals surface area contributed by atoms with Gasteiger partial charge in [0.15, 0.2) is 0 Å². The van der Waals surface area contributed by atoms with E-state index in [-0.39, 0.29) is 10.8 Å². The van der Waals surface area contributed by atoms with Gasteiger partial charge in [0.25, 0.3) is 0 Å². The predicted octanol–water partition coefficient (Wildman–Crippen LogP) is 2.41. The fraction of sp³-hybridized carbons (Fsp3) is 0.500. The topological polar surface area (TPSA) is 75.7 Å². The summed E-state index contributed by atoms with van der Waals surface area (Å²) in [4.78, 5) is 11.8. The number of rotatable bonds is 7. The van der Waals surface area contributed by atoms with Gasteiger partial charge in [-0.3, -0.25) is 4.79 Å². The summed E-state index contributed by atoms with van der Waals surface area (Å²) >= 11 is 0. The van der Waals surface area contributed by atoms with Crippen LogP contribution in [0.4, 0.5) is 0 Å². The summed E-state index contributed by atoms with van der Waals surface area (Å²) in [6, 6.07) is 4.92. The fourth-order valence-electron chi connectivity index (χ4n) is 2.72. The van der Waals surface area contributed by atoms with Crippen molar-refractivity contribution in [3.8, 4) is 5.75 Å². The molecule has 7 heteroatoms. The van der Waals surface area contributed by atoms with E-state index in [2.05, 4.69) is 5.32 Å². The van der Waals surface area contributed by atoms with E-state index in [1.807, 2.05) is 6.92 Å². The van der Waals surface area contributed by atoms with Crippen LogP contribution in [-0.2, 0) is 14.8 Å². The molecule has 0 unspecified atom stereocenters. The lowest BCUT2D eigenvalue weighted by Gasteiger charge is -2.26. The van der Waals surface area contributed by atoms with Crippen LogP contribution in [0.25, 0.3) is 6.08 Å². The maximum absolute atomic E-state index is 12.9. The first-order valence-corrected chi connectivity index (χ1v) is 10.1. The van der Waals surface area contributed by atoms with Crippen molar-refractivity contribution in [1.82, 2.24) is 9.62 Å². The Hall–Kier alpha value is -1.86. The lowest BCUT2D eigenvalue weighted by atomic mass is 10.2. The Morgan fingerprint density at radius 3 is 2.64 bits per heavy atom. The Bertz CT molecular complexity index is 723. The van der Waals surface area contributed by atoms with Crippen molar-refractivity contribution in [3.63, 3.8) is 0 Å². The van der Waals surface area contributed by atoms with Gasteiger partial charge in [-0.2, -0.15) is 4.31 Å². The van der Waals surface area contributed by atoms with Crippen LogP contribution in [0.3, 0.4) is 0 Å². The summed E-state index contributed by atoms with van der Waals surface area (Å²) in [5.74, 6) is 0.122. The molecule has 0 aliphatic carbocycles. The molecule has 1 aromatic rings. The van der Waals surface area contributed by atoms with Crippen LogP contribution in [0.1, 0.15) is 38.2 Å². The van der Waals surface area contributed by atoms with Gasteiger partial charge < -0.3 is 10.1 Å². The molecule has 25 heavy (non-hydrogen) atoms. The van der Waals surface area contributed by atoms with E-state index >= 15 is 0 Å². The lowest BCUT2D eigenvalue weighted by molar-refractivity contribution is -0.116. The number of carbonyl (C=O) groups excluding carboxylic acids is 1. The molecule has 2 rings (SSSR count). The predicted molar refractivity (Wildman–Crippen MR) is 97.9 cm³/mol. The number of piperidine rings is 1. The second kappa shape index (κ2) is 9.01. The molecule has 1 aliphatic rings. The summed E-state index contributed by atoms with van der Waals surface area (Å²) < 4.78 is 32.6. The van der Waals surface area contributed by atoms with Crippen LogP contribution in [0.2, 0.25) is 0 Å². The van der Waals surface area contributed by atoms with E-state index in [9.17, 15) is 13.2 Å². The van der Waals surface area contributed by atoms with E-state index in [4.69, 9.17) is 4.74 Å². The monoisotopic (exact) mass is 366 g/mol. The molecule has 0 bridgehead atoms. The quantitative estimate of drug-likeness (QED) is 0.752. The van der Waals surface area contributed by atoms with Crippen molar-refractivity contribution < 1.29 is 17.9 Å². The number of carbonyl (C=O) groups is 1. The Morgan fingerprint density at radius 1 is 1.28 bits per heavy atom. The van der Waals surface area contributed by atoms with Gasteiger partial charge in [0, 0.05) is 25.7 Å². The molecule has 1 aliphatic heterocycles. The molecule has 0 saturated carbocycles. The molecular formula is C18H26N2O4S. The minimum Gasteiger partial charge on any atom is -0.495 e. The normalized spacial score (nSPS) is 16.1. The Kier molecular flexibility index (Phi) is 7.01. The molecule has 1 amide bonds. The number of benzene rings is 1. The van der Waals surface area contributed by atoms with Gasteiger partial charge in [-0.25, -0.2) is 8.42 Å². The molecule has 1 saturated heterocycles. The number of ether oxygens (including phenoxy) is 1. The van der Waals surface area contributed by atoms with E-state index < -0.39 is 10.0 Å². The summed E-state index contributed by atoms with van der Waals surface area (Å²) in [6.07, 6.45) is 6.69. The first-order chi connectivity index (χ1) is 12.0. The highest BCUT2D eigenvalue weighted by molar-refractivity contribution is 7.89. The molecule has 0 spiro atoms. The van der Waals surface area contributed by atoms with Gasteiger partial charge in [-0.1, -0.05) is 19.4 Å². The van der Waals surface area contributed by atoms with Gasteiger partial charge >= 0.3 is 0 Å². The highest BCUT2D eigenvalue weighted by atomic mass is 32.2. The average Bonchev–Trinajstić information content (AvgIpc) is 2.65. The maximum Gasteiger partial charge on any atom is 0.246 e. The fourth-order valence-corrected chi connectivity index (χ4v) is 4.43. The van der Waals surface area contributed by atoms with Crippen molar-refractivity contribution >= 4 is 22.0 Å². The molecule has 6 nitrogen and oxygen atoms in total. The van der Waals surface area contributed by atoms with Crippen LogP contribution >= 0.6 is 0 Å². The molecular weight excluding hydrogens is 340 g/mol. The highest BCUT2D eigenvalue weighted by Gasteiger charge is 2.28. The molecule has 1 aromatic carbocycles. The van der Waals surface area contributed by atoms with Crippen molar-refractivity contribution in [2.24, 2.45) is 0 Å². The van der Waals surface area contributed by atoms with Crippen molar-refractivity contribution in [3.05, 3.63) is 29.8 Å². The summed E-state index contributed by atoms with van der Waals surface area (Å²) in [7, 11) is -2.15. The number of sulfonamides is 1. The first-order valence-electron chi connectivity index (χ1n) is 8.63. The van der Waals surface area contributed by atoms with Crippen LogP contribution in [-0.4, -0.2) is 45.4 Å². The van der Waals surface area contributed by atoms with Gasteiger partial charge in [-0.15, -0.1) is 0 Å². The Morgan fingerprint density at radius 2 is 2.00 bits per heavy atom. The number of amides is 1. The van der Waals surface area contributed by atoms with E-state index in [1.165, 1.54) is 17.5 Å². The molecule has 138 valence electrons. The number of methoxy groups -OCH3 is 1. The van der Waals surface area contributed by atoms with Crippen LogP contribution in [0.15, 0.2) is 29.2 Å².